The smallest absolute Gasteiger partial charge is 0.262 e. The molecule has 29 heavy (non-hydrogen) atoms. The molecule has 0 heterocycles. The average Bonchev–Trinajstić information content (AvgIpc) is 2.73. The third-order valence-electron chi connectivity index (χ3n) is 4.05. The number of hydrogen-bond acceptors (Lipinski definition) is 4. The zero-order valence-corrected chi connectivity index (χ0v) is 15.8. The Balaban J connectivity index is 1.66. The van der Waals surface area contributed by atoms with Crippen molar-refractivity contribution in [1.82, 2.24) is 0 Å². The van der Waals surface area contributed by atoms with Gasteiger partial charge in [0.05, 0.1) is 22.9 Å². The maximum absolute atomic E-state index is 12.7. The molecule has 3 rings (SSSR count). The van der Waals surface area contributed by atoms with Crippen LogP contribution < -0.4 is 15.4 Å². The minimum Gasteiger partial charge on any atom is -0.484 e. The van der Waals surface area contributed by atoms with Gasteiger partial charge < -0.3 is 15.4 Å². The van der Waals surface area contributed by atoms with E-state index in [4.69, 9.17) is 10.00 Å². The van der Waals surface area contributed by atoms with Crippen molar-refractivity contribution in [3.8, 4) is 11.8 Å². The topological polar surface area (TPSA) is 91.2 Å². The maximum Gasteiger partial charge on any atom is 0.262 e. The van der Waals surface area contributed by atoms with Crippen molar-refractivity contribution in [3.05, 3.63) is 89.5 Å². The summed E-state index contributed by atoms with van der Waals surface area (Å²) in [7, 11) is 0. The van der Waals surface area contributed by atoms with Gasteiger partial charge in [-0.25, -0.2) is 0 Å². The van der Waals surface area contributed by atoms with Gasteiger partial charge in [0.15, 0.2) is 6.61 Å². The van der Waals surface area contributed by atoms with Gasteiger partial charge in [-0.15, -0.1) is 0 Å². The minimum atomic E-state index is -0.414. The number of hydrogen-bond donors (Lipinski definition) is 2. The molecule has 2 amide bonds. The molecule has 0 aliphatic carbocycles. The molecule has 0 fully saturated rings. The van der Waals surface area contributed by atoms with Crippen LogP contribution in [0.25, 0.3) is 0 Å². The molecular weight excluding hydrogens is 366 g/mol. The molecule has 0 radical (unpaired) electrons. The molecule has 6 heteroatoms. The largest absolute Gasteiger partial charge is 0.484 e. The molecule has 0 spiro atoms. The molecule has 0 atom stereocenters. The van der Waals surface area contributed by atoms with Crippen molar-refractivity contribution in [2.75, 3.05) is 17.2 Å². The lowest BCUT2D eigenvalue weighted by molar-refractivity contribution is -0.118. The van der Waals surface area contributed by atoms with E-state index < -0.39 is 5.91 Å². The number of aryl methyl sites for hydroxylation is 1. The summed E-state index contributed by atoms with van der Waals surface area (Å²) in [6, 6.07) is 22.8. The molecule has 0 aliphatic rings. The van der Waals surface area contributed by atoms with Gasteiger partial charge in [-0.2, -0.15) is 5.26 Å². The fourth-order valence-corrected chi connectivity index (χ4v) is 2.70. The molecule has 0 saturated heterocycles. The Kier molecular flexibility index (Phi) is 6.23. The zero-order chi connectivity index (χ0) is 20.6. The standard InChI is InChI=1S/C23H19N3O3/c1-16-6-4-8-18(12-16)25-23(28)20-10-2-3-11-21(20)26-22(27)15-29-19-9-5-7-17(13-19)14-24/h2-13H,15H2,1H3,(H,25,28)(H,26,27). The molecule has 3 aromatic rings. The van der Waals surface area contributed by atoms with Crippen LogP contribution in [0.3, 0.4) is 0 Å². The number of nitrogens with zero attached hydrogens (tertiary/aromatic N) is 1. The zero-order valence-electron chi connectivity index (χ0n) is 15.8. The fourth-order valence-electron chi connectivity index (χ4n) is 2.70. The Morgan fingerprint density at radius 1 is 0.966 bits per heavy atom. The number of para-hydroxylation sites is 1. The fraction of sp³-hybridized carbons (Fsp3) is 0.0870. The second-order valence-corrected chi connectivity index (χ2v) is 6.35. The number of benzene rings is 3. The lowest BCUT2D eigenvalue weighted by atomic mass is 10.1. The summed E-state index contributed by atoms with van der Waals surface area (Å²) in [5, 5.41) is 14.4. The first-order valence-corrected chi connectivity index (χ1v) is 8.95. The van der Waals surface area contributed by atoms with Crippen molar-refractivity contribution in [2.45, 2.75) is 6.92 Å². The van der Waals surface area contributed by atoms with Crippen LogP contribution in [-0.2, 0) is 4.79 Å². The lowest BCUT2D eigenvalue weighted by Crippen LogP contribution is -2.22. The van der Waals surface area contributed by atoms with Crippen molar-refractivity contribution in [3.63, 3.8) is 0 Å². The third-order valence-corrected chi connectivity index (χ3v) is 4.05. The van der Waals surface area contributed by atoms with Gasteiger partial charge in [-0.3, -0.25) is 9.59 Å². The van der Waals surface area contributed by atoms with Crippen molar-refractivity contribution in [2.24, 2.45) is 0 Å². The molecule has 0 aromatic heterocycles. The van der Waals surface area contributed by atoms with Crippen molar-refractivity contribution in [1.29, 1.82) is 5.26 Å². The summed E-state index contributed by atoms with van der Waals surface area (Å²) in [6.07, 6.45) is 0. The first-order valence-electron chi connectivity index (χ1n) is 8.95. The van der Waals surface area contributed by atoms with E-state index in [2.05, 4.69) is 10.6 Å². The van der Waals surface area contributed by atoms with E-state index in [0.29, 0.717) is 28.3 Å². The number of carbonyl (C=O) groups is 2. The Labute approximate surface area is 168 Å². The molecule has 2 N–H and O–H groups in total. The van der Waals surface area contributed by atoms with Gasteiger partial charge in [0.25, 0.3) is 11.8 Å². The number of amides is 2. The second-order valence-electron chi connectivity index (χ2n) is 6.35. The molecule has 0 unspecified atom stereocenters. The predicted octanol–water partition coefficient (Wildman–Crippen LogP) is 4.14. The van der Waals surface area contributed by atoms with E-state index in [1.807, 2.05) is 31.2 Å². The number of ether oxygens (including phenoxy) is 1. The monoisotopic (exact) mass is 385 g/mol. The molecule has 3 aromatic carbocycles. The summed E-state index contributed by atoms with van der Waals surface area (Å²) >= 11 is 0. The maximum atomic E-state index is 12.7. The molecule has 0 aliphatic heterocycles. The SMILES string of the molecule is Cc1cccc(NC(=O)c2ccccc2NC(=O)COc2cccc(C#N)c2)c1. The van der Waals surface area contributed by atoms with E-state index in [1.165, 1.54) is 0 Å². The van der Waals surface area contributed by atoms with E-state index >= 15 is 0 Å². The molecule has 144 valence electrons. The van der Waals surface area contributed by atoms with E-state index in [1.54, 1.807) is 54.6 Å². The second kappa shape index (κ2) is 9.20. The highest BCUT2D eigenvalue weighted by atomic mass is 16.5. The van der Waals surface area contributed by atoms with Gasteiger partial charge in [-0.05, 0) is 55.0 Å². The van der Waals surface area contributed by atoms with Crippen molar-refractivity contribution >= 4 is 23.2 Å². The summed E-state index contributed by atoms with van der Waals surface area (Å²) < 4.78 is 5.43. The number of anilines is 2. The average molecular weight is 385 g/mol. The van der Waals surface area contributed by atoms with Gasteiger partial charge in [-0.1, -0.05) is 30.3 Å². The number of nitrogens with one attached hydrogen (secondary N) is 2. The summed E-state index contributed by atoms with van der Waals surface area (Å²) in [5.74, 6) is -0.318. The van der Waals surface area contributed by atoms with Gasteiger partial charge in [0.1, 0.15) is 5.75 Å². The number of rotatable bonds is 6. The molecule has 0 saturated carbocycles. The highest BCUT2D eigenvalue weighted by Crippen LogP contribution is 2.18. The van der Waals surface area contributed by atoms with E-state index in [0.717, 1.165) is 5.56 Å². The number of carbonyl (C=O) groups excluding carboxylic acids is 2. The Hall–Kier alpha value is -4.11. The molecule has 6 nitrogen and oxygen atoms in total. The highest BCUT2D eigenvalue weighted by molar-refractivity contribution is 6.10. The lowest BCUT2D eigenvalue weighted by Gasteiger charge is -2.12. The van der Waals surface area contributed by atoms with Crippen LogP contribution in [0, 0.1) is 18.3 Å². The minimum absolute atomic E-state index is 0.247. The van der Waals surface area contributed by atoms with Crippen LogP contribution in [0.15, 0.2) is 72.8 Å². The van der Waals surface area contributed by atoms with Crippen molar-refractivity contribution < 1.29 is 14.3 Å². The molecular formula is C23H19N3O3. The van der Waals surface area contributed by atoms with Crippen LogP contribution in [0.5, 0.6) is 5.75 Å². The van der Waals surface area contributed by atoms with Crippen LogP contribution in [0.4, 0.5) is 11.4 Å². The number of nitriles is 1. The summed E-state index contributed by atoms with van der Waals surface area (Å²) in [6.45, 7) is 1.69. The van der Waals surface area contributed by atoms with Crippen LogP contribution in [-0.4, -0.2) is 18.4 Å². The van der Waals surface area contributed by atoms with Gasteiger partial charge >= 0.3 is 0 Å². The quantitative estimate of drug-likeness (QED) is 0.667. The van der Waals surface area contributed by atoms with Gasteiger partial charge in [0.2, 0.25) is 0 Å². The molecule has 0 bridgehead atoms. The summed E-state index contributed by atoms with van der Waals surface area (Å²) in [4.78, 5) is 24.9. The summed E-state index contributed by atoms with van der Waals surface area (Å²) in [5.41, 5.74) is 2.88. The van der Waals surface area contributed by atoms with E-state index in [9.17, 15) is 9.59 Å². The van der Waals surface area contributed by atoms with Crippen LogP contribution >= 0.6 is 0 Å². The van der Waals surface area contributed by atoms with E-state index in [-0.39, 0.29) is 12.5 Å². The Bertz CT molecular complexity index is 1090. The first-order chi connectivity index (χ1) is 14.0. The predicted molar refractivity (Wildman–Crippen MR) is 111 cm³/mol. The highest BCUT2D eigenvalue weighted by Gasteiger charge is 2.14. The normalized spacial score (nSPS) is 9.93. The van der Waals surface area contributed by atoms with Crippen LogP contribution in [0.1, 0.15) is 21.5 Å². The first kappa shape index (κ1) is 19.6. The Morgan fingerprint density at radius 3 is 2.55 bits per heavy atom. The Morgan fingerprint density at radius 2 is 1.76 bits per heavy atom. The third kappa shape index (κ3) is 5.44. The van der Waals surface area contributed by atoms with Gasteiger partial charge in [0, 0.05) is 5.69 Å². The van der Waals surface area contributed by atoms with Crippen LogP contribution in [0.2, 0.25) is 0 Å².